The molecule has 0 saturated heterocycles. The van der Waals surface area contributed by atoms with Gasteiger partial charge < -0.3 is 11.1 Å². The van der Waals surface area contributed by atoms with Crippen molar-refractivity contribution in [2.45, 2.75) is 32.2 Å². The van der Waals surface area contributed by atoms with E-state index in [1.54, 1.807) is 18.2 Å². The third kappa shape index (κ3) is 4.67. The van der Waals surface area contributed by atoms with Crippen molar-refractivity contribution in [1.82, 2.24) is 5.32 Å². The van der Waals surface area contributed by atoms with Crippen molar-refractivity contribution in [1.29, 1.82) is 0 Å². The Bertz CT molecular complexity index is 449. The topological polar surface area (TPSA) is 98.3 Å². The van der Waals surface area contributed by atoms with Gasteiger partial charge in [-0.2, -0.15) is 0 Å². The first-order valence-electron chi connectivity index (χ1n) is 6.30. The maximum absolute atomic E-state index is 11.8. The average molecular weight is 265 g/mol. The summed E-state index contributed by atoms with van der Waals surface area (Å²) in [4.78, 5) is 22.2. The van der Waals surface area contributed by atoms with Crippen LogP contribution in [0.2, 0.25) is 0 Å². The molecule has 0 spiro atoms. The number of nitro groups is 1. The largest absolute Gasteiger partial charge is 0.352 e. The summed E-state index contributed by atoms with van der Waals surface area (Å²) in [5.41, 5.74) is 5.94. The van der Waals surface area contributed by atoms with Gasteiger partial charge in [-0.1, -0.05) is 31.5 Å². The van der Waals surface area contributed by atoms with Crippen molar-refractivity contribution in [2.24, 2.45) is 5.73 Å². The molecule has 6 heteroatoms. The molecule has 3 N–H and O–H groups in total. The Morgan fingerprint density at radius 1 is 1.47 bits per heavy atom. The van der Waals surface area contributed by atoms with Gasteiger partial charge in [0.15, 0.2) is 0 Å². The van der Waals surface area contributed by atoms with Gasteiger partial charge in [0.25, 0.3) is 5.69 Å². The van der Waals surface area contributed by atoms with E-state index in [0.29, 0.717) is 12.1 Å². The van der Waals surface area contributed by atoms with E-state index in [4.69, 9.17) is 5.73 Å². The van der Waals surface area contributed by atoms with Crippen LogP contribution in [0.3, 0.4) is 0 Å². The Morgan fingerprint density at radius 2 is 2.16 bits per heavy atom. The van der Waals surface area contributed by atoms with Crippen LogP contribution >= 0.6 is 0 Å². The normalized spacial score (nSPS) is 11.9. The molecule has 1 aromatic rings. The molecule has 0 fully saturated rings. The zero-order valence-corrected chi connectivity index (χ0v) is 11.0. The van der Waals surface area contributed by atoms with E-state index in [1.165, 1.54) is 6.07 Å². The van der Waals surface area contributed by atoms with Crippen LogP contribution in [-0.4, -0.2) is 23.4 Å². The summed E-state index contributed by atoms with van der Waals surface area (Å²) >= 11 is 0. The summed E-state index contributed by atoms with van der Waals surface area (Å²) < 4.78 is 0. The van der Waals surface area contributed by atoms with Crippen LogP contribution in [-0.2, 0) is 11.2 Å². The molecular formula is C13H19N3O3. The van der Waals surface area contributed by atoms with Crippen LogP contribution in [0.4, 0.5) is 5.69 Å². The number of carbonyl (C=O) groups is 1. The average Bonchev–Trinajstić information content (AvgIpc) is 2.38. The third-order valence-electron chi connectivity index (χ3n) is 2.83. The molecule has 1 unspecified atom stereocenters. The van der Waals surface area contributed by atoms with Crippen molar-refractivity contribution >= 4 is 11.6 Å². The summed E-state index contributed by atoms with van der Waals surface area (Å²) in [6.45, 7) is 2.38. The van der Waals surface area contributed by atoms with Gasteiger partial charge in [-0.05, 0) is 6.42 Å². The quantitative estimate of drug-likeness (QED) is 0.574. The van der Waals surface area contributed by atoms with Crippen LogP contribution in [0.1, 0.15) is 25.3 Å². The minimum atomic E-state index is -0.477. The Hall–Kier alpha value is -1.95. The van der Waals surface area contributed by atoms with Gasteiger partial charge in [-0.15, -0.1) is 0 Å². The molecule has 1 atom stereocenters. The number of nitrogens with one attached hydrogen (secondary N) is 1. The van der Waals surface area contributed by atoms with Crippen LogP contribution in [0.25, 0.3) is 0 Å². The summed E-state index contributed by atoms with van der Waals surface area (Å²) in [5.74, 6) is -0.238. The highest BCUT2D eigenvalue weighted by atomic mass is 16.6. The smallest absolute Gasteiger partial charge is 0.273 e. The molecule has 0 aliphatic rings. The number of nitro benzene ring substituents is 1. The fourth-order valence-corrected chi connectivity index (χ4v) is 1.89. The minimum Gasteiger partial charge on any atom is -0.352 e. The van der Waals surface area contributed by atoms with Gasteiger partial charge >= 0.3 is 0 Å². The fraction of sp³-hybridized carbons (Fsp3) is 0.462. The van der Waals surface area contributed by atoms with Crippen LogP contribution in [0, 0.1) is 10.1 Å². The lowest BCUT2D eigenvalue weighted by Crippen LogP contribution is -2.40. The predicted octanol–water partition coefficient (Wildman–Crippen LogP) is 1.38. The first-order chi connectivity index (χ1) is 9.08. The van der Waals surface area contributed by atoms with Crippen LogP contribution < -0.4 is 11.1 Å². The minimum absolute atomic E-state index is 0.00261. The molecule has 0 aliphatic heterocycles. The number of amides is 1. The number of nitrogens with two attached hydrogens (primary N) is 1. The van der Waals surface area contributed by atoms with Crippen LogP contribution in [0.15, 0.2) is 24.3 Å². The number of benzene rings is 1. The van der Waals surface area contributed by atoms with Crippen molar-refractivity contribution in [2.75, 3.05) is 6.54 Å². The summed E-state index contributed by atoms with van der Waals surface area (Å²) in [6, 6.07) is 6.19. The first kappa shape index (κ1) is 15.1. The molecule has 1 aromatic carbocycles. The van der Waals surface area contributed by atoms with Gasteiger partial charge in [0.05, 0.1) is 11.3 Å². The molecule has 0 radical (unpaired) electrons. The number of carbonyl (C=O) groups excluding carboxylic acids is 1. The second-order valence-electron chi connectivity index (χ2n) is 4.35. The molecule has 0 aliphatic carbocycles. The monoisotopic (exact) mass is 265 g/mol. The summed E-state index contributed by atoms with van der Waals surface area (Å²) in [6.07, 6.45) is 1.73. The maximum Gasteiger partial charge on any atom is 0.273 e. The van der Waals surface area contributed by atoms with Crippen molar-refractivity contribution in [3.8, 4) is 0 Å². The van der Waals surface area contributed by atoms with Crippen molar-refractivity contribution in [3.05, 3.63) is 39.9 Å². The fourth-order valence-electron chi connectivity index (χ4n) is 1.89. The summed E-state index contributed by atoms with van der Waals surface area (Å²) in [7, 11) is 0. The molecular weight excluding hydrogens is 246 g/mol. The lowest BCUT2D eigenvalue weighted by atomic mass is 10.1. The van der Waals surface area contributed by atoms with Gasteiger partial charge in [-0.3, -0.25) is 14.9 Å². The SMILES string of the molecule is CCCC(CN)NC(=O)Cc1ccccc1[N+](=O)[O-]. The van der Waals surface area contributed by atoms with E-state index < -0.39 is 4.92 Å². The van der Waals surface area contributed by atoms with E-state index in [2.05, 4.69) is 5.32 Å². The molecule has 6 nitrogen and oxygen atoms in total. The Morgan fingerprint density at radius 3 is 2.74 bits per heavy atom. The van der Waals surface area contributed by atoms with E-state index in [1.807, 2.05) is 6.92 Å². The molecule has 0 saturated carbocycles. The number of rotatable bonds is 7. The van der Waals surface area contributed by atoms with E-state index in [-0.39, 0.29) is 24.1 Å². The van der Waals surface area contributed by atoms with Gasteiger partial charge in [0, 0.05) is 24.2 Å². The second-order valence-corrected chi connectivity index (χ2v) is 4.35. The molecule has 19 heavy (non-hydrogen) atoms. The molecule has 1 rings (SSSR count). The second kappa shape index (κ2) is 7.48. The van der Waals surface area contributed by atoms with E-state index >= 15 is 0 Å². The third-order valence-corrected chi connectivity index (χ3v) is 2.83. The number of hydrogen-bond acceptors (Lipinski definition) is 4. The zero-order valence-electron chi connectivity index (χ0n) is 11.0. The lowest BCUT2D eigenvalue weighted by Gasteiger charge is -2.15. The number of nitrogens with zero attached hydrogens (tertiary/aromatic N) is 1. The number of para-hydroxylation sites is 1. The first-order valence-corrected chi connectivity index (χ1v) is 6.30. The lowest BCUT2D eigenvalue weighted by molar-refractivity contribution is -0.385. The highest BCUT2D eigenvalue weighted by molar-refractivity contribution is 5.80. The summed E-state index contributed by atoms with van der Waals surface area (Å²) in [5, 5.41) is 13.6. The van der Waals surface area contributed by atoms with E-state index in [9.17, 15) is 14.9 Å². The van der Waals surface area contributed by atoms with Gasteiger partial charge in [0.1, 0.15) is 0 Å². The molecule has 104 valence electrons. The molecule has 0 aromatic heterocycles. The Labute approximate surface area is 112 Å². The Kier molecular flexibility index (Phi) is 5.95. The molecule has 0 bridgehead atoms. The molecule has 1 amide bonds. The highest BCUT2D eigenvalue weighted by Crippen LogP contribution is 2.18. The number of hydrogen-bond donors (Lipinski definition) is 2. The zero-order chi connectivity index (χ0) is 14.3. The van der Waals surface area contributed by atoms with Crippen molar-refractivity contribution in [3.63, 3.8) is 0 Å². The predicted molar refractivity (Wildman–Crippen MR) is 72.7 cm³/mol. The molecule has 0 heterocycles. The van der Waals surface area contributed by atoms with E-state index in [0.717, 1.165) is 12.8 Å². The Balaban J connectivity index is 2.69. The highest BCUT2D eigenvalue weighted by Gasteiger charge is 2.17. The van der Waals surface area contributed by atoms with Crippen LogP contribution in [0.5, 0.6) is 0 Å². The van der Waals surface area contributed by atoms with Gasteiger partial charge in [0.2, 0.25) is 5.91 Å². The van der Waals surface area contributed by atoms with Crippen molar-refractivity contribution < 1.29 is 9.72 Å². The standard InChI is InChI=1S/C13H19N3O3/c1-2-5-11(9-14)15-13(17)8-10-6-3-4-7-12(10)16(18)19/h3-4,6-7,11H,2,5,8-9,14H2,1H3,(H,15,17). The maximum atomic E-state index is 11.8. The van der Waals surface area contributed by atoms with Gasteiger partial charge in [-0.25, -0.2) is 0 Å².